The van der Waals surface area contributed by atoms with Crippen LogP contribution in [0, 0.1) is 17.2 Å². The van der Waals surface area contributed by atoms with Crippen molar-refractivity contribution < 1.29 is 5.11 Å². The summed E-state index contributed by atoms with van der Waals surface area (Å²) in [5, 5.41) is 19.5. The van der Waals surface area contributed by atoms with Gasteiger partial charge in [-0.1, -0.05) is 18.2 Å². The SMILES string of the molecule is N#Cc1cnc2ccccc2c1N1CCC(CCO)C1. The highest BCUT2D eigenvalue weighted by Crippen LogP contribution is 2.33. The van der Waals surface area contributed by atoms with Gasteiger partial charge in [-0.2, -0.15) is 5.26 Å². The second-order valence-corrected chi connectivity index (χ2v) is 5.26. The van der Waals surface area contributed by atoms with Crippen molar-refractivity contribution in [2.24, 2.45) is 5.92 Å². The third-order valence-electron chi connectivity index (χ3n) is 4.01. The van der Waals surface area contributed by atoms with Crippen LogP contribution in [-0.2, 0) is 0 Å². The zero-order valence-electron chi connectivity index (χ0n) is 11.3. The topological polar surface area (TPSA) is 60.2 Å². The number of aromatic nitrogens is 1. The first-order chi connectivity index (χ1) is 9.83. The molecular formula is C16H17N3O. The van der Waals surface area contributed by atoms with Gasteiger partial charge in [0.15, 0.2) is 0 Å². The summed E-state index contributed by atoms with van der Waals surface area (Å²) in [7, 11) is 0. The van der Waals surface area contributed by atoms with Crippen LogP contribution < -0.4 is 4.90 Å². The van der Waals surface area contributed by atoms with E-state index >= 15 is 0 Å². The summed E-state index contributed by atoms with van der Waals surface area (Å²) in [5.74, 6) is 0.512. The third kappa shape index (κ3) is 2.21. The largest absolute Gasteiger partial charge is 0.396 e. The molecular weight excluding hydrogens is 250 g/mol. The number of anilines is 1. The molecule has 1 aliphatic rings. The van der Waals surface area contributed by atoms with Crippen molar-refractivity contribution in [1.82, 2.24) is 4.98 Å². The van der Waals surface area contributed by atoms with Gasteiger partial charge in [-0.25, -0.2) is 0 Å². The number of nitriles is 1. The van der Waals surface area contributed by atoms with Crippen molar-refractivity contribution in [3.8, 4) is 6.07 Å². The van der Waals surface area contributed by atoms with E-state index in [9.17, 15) is 5.26 Å². The van der Waals surface area contributed by atoms with Gasteiger partial charge in [-0.15, -0.1) is 0 Å². The Morgan fingerprint density at radius 1 is 1.40 bits per heavy atom. The van der Waals surface area contributed by atoms with E-state index < -0.39 is 0 Å². The maximum atomic E-state index is 9.35. The lowest BCUT2D eigenvalue weighted by Crippen LogP contribution is -2.21. The van der Waals surface area contributed by atoms with Crippen molar-refractivity contribution in [3.63, 3.8) is 0 Å². The molecule has 4 nitrogen and oxygen atoms in total. The second kappa shape index (κ2) is 5.48. The van der Waals surface area contributed by atoms with Gasteiger partial charge in [0.2, 0.25) is 0 Å². The fourth-order valence-corrected chi connectivity index (χ4v) is 3.00. The predicted octanol–water partition coefficient (Wildman–Crippen LogP) is 2.32. The van der Waals surface area contributed by atoms with E-state index in [-0.39, 0.29) is 6.61 Å². The van der Waals surface area contributed by atoms with Gasteiger partial charge < -0.3 is 10.0 Å². The first-order valence-corrected chi connectivity index (χ1v) is 6.97. The molecule has 2 heterocycles. The maximum Gasteiger partial charge on any atom is 0.103 e. The third-order valence-corrected chi connectivity index (χ3v) is 4.01. The molecule has 102 valence electrons. The molecule has 20 heavy (non-hydrogen) atoms. The molecule has 1 atom stereocenters. The average molecular weight is 267 g/mol. The highest BCUT2D eigenvalue weighted by atomic mass is 16.3. The van der Waals surface area contributed by atoms with E-state index in [0.717, 1.165) is 42.5 Å². The first-order valence-electron chi connectivity index (χ1n) is 6.97. The van der Waals surface area contributed by atoms with Gasteiger partial charge in [0.1, 0.15) is 6.07 Å². The predicted molar refractivity (Wildman–Crippen MR) is 78.5 cm³/mol. The standard InChI is InChI=1S/C16H17N3O/c17-9-13-10-18-15-4-2-1-3-14(15)16(13)19-7-5-12(11-19)6-8-20/h1-4,10,12,20H,5-8,11H2. The van der Waals surface area contributed by atoms with E-state index in [0.29, 0.717) is 11.5 Å². The highest BCUT2D eigenvalue weighted by molar-refractivity contribution is 5.94. The Hall–Kier alpha value is -2.12. The maximum absolute atomic E-state index is 9.35. The minimum atomic E-state index is 0.237. The second-order valence-electron chi connectivity index (χ2n) is 5.26. The van der Waals surface area contributed by atoms with Crippen LogP contribution in [0.1, 0.15) is 18.4 Å². The van der Waals surface area contributed by atoms with Crippen LogP contribution in [0.3, 0.4) is 0 Å². The Labute approximate surface area is 118 Å². The Bertz CT molecular complexity index is 662. The van der Waals surface area contributed by atoms with E-state index in [2.05, 4.69) is 16.0 Å². The van der Waals surface area contributed by atoms with Crippen LogP contribution in [0.2, 0.25) is 0 Å². The lowest BCUT2D eigenvalue weighted by atomic mass is 10.1. The molecule has 0 radical (unpaired) electrons. The molecule has 1 N–H and O–H groups in total. The summed E-state index contributed by atoms with van der Waals surface area (Å²) in [4.78, 5) is 6.62. The smallest absolute Gasteiger partial charge is 0.103 e. The number of para-hydroxylation sites is 1. The van der Waals surface area contributed by atoms with Crippen molar-refractivity contribution in [3.05, 3.63) is 36.0 Å². The monoisotopic (exact) mass is 267 g/mol. The minimum Gasteiger partial charge on any atom is -0.396 e. The summed E-state index contributed by atoms with van der Waals surface area (Å²) >= 11 is 0. The molecule has 3 rings (SSSR count). The lowest BCUT2D eigenvalue weighted by Gasteiger charge is -2.21. The van der Waals surface area contributed by atoms with E-state index in [4.69, 9.17) is 5.11 Å². The molecule has 0 saturated carbocycles. The number of benzene rings is 1. The van der Waals surface area contributed by atoms with Crippen LogP contribution in [0.5, 0.6) is 0 Å². The molecule has 1 unspecified atom stereocenters. The average Bonchev–Trinajstić information content (AvgIpc) is 2.94. The van der Waals surface area contributed by atoms with Crippen LogP contribution in [0.4, 0.5) is 5.69 Å². The molecule has 1 aliphatic heterocycles. The summed E-state index contributed by atoms with van der Waals surface area (Å²) in [6.45, 7) is 2.08. The molecule has 1 saturated heterocycles. The first kappa shape index (κ1) is 12.9. The van der Waals surface area contributed by atoms with E-state index in [1.165, 1.54) is 0 Å². The number of aliphatic hydroxyl groups is 1. The number of hydrogen-bond acceptors (Lipinski definition) is 4. The molecule has 1 aromatic carbocycles. The number of pyridine rings is 1. The summed E-state index contributed by atoms with van der Waals surface area (Å²) in [5.41, 5.74) is 2.55. The van der Waals surface area contributed by atoms with Gasteiger partial charge in [-0.3, -0.25) is 4.98 Å². The fourth-order valence-electron chi connectivity index (χ4n) is 3.00. The summed E-state index contributed by atoms with van der Waals surface area (Å²) in [6, 6.07) is 10.2. The van der Waals surface area contributed by atoms with E-state index in [1.807, 2.05) is 24.3 Å². The Morgan fingerprint density at radius 2 is 2.25 bits per heavy atom. The molecule has 1 aromatic heterocycles. The van der Waals surface area contributed by atoms with Crippen molar-refractivity contribution >= 4 is 16.6 Å². The number of hydrogen-bond donors (Lipinski definition) is 1. The van der Waals surface area contributed by atoms with Crippen LogP contribution in [-0.4, -0.2) is 29.8 Å². The molecule has 0 amide bonds. The number of aliphatic hydroxyl groups excluding tert-OH is 1. The number of fused-ring (bicyclic) bond motifs is 1. The normalized spacial score (nSPS) is 18.4. The van der Waals surface area contributed by atoms with Crippen LogP contribution in [0.15, 0.2) is 30.5 Å². The van der Waals surface area contributed by atoms with Gasteiger partial charge >= 0.3 is 0 Å². The van der Waals surface area contributed by atoms with Gasteiger partial charge in [0.05, 0.1) is 16.8 Å². The lowest BCUT2D eigenvalue weighted by molar-refractivity contribution is 0.263. The molecule has 1 fully saturated rings. The molecule has 4 heteroatoms. The van der Waals surface area contributed by atoms with Crippen LogP contribution >= 0.6 is 0 Å². The highest BCUT2D eigenvalue weighted by Gasteiger charge is 2.25. The molecule has 0 aliphatic carbocycles. The van der Waals surface area contributed by atoms with Gasteiger partial charge in [0, 0.05) is 31.3 Å². The summed E-state index contributed by atoms with van der Waals surface area (Å²) in [6.07, 6.45) is 3.57. The zero-order chi connectivity index (χ0) is 13.9. The fraction of sp³-hybridized carbons (Fsp3) is 0.375. The number of nitrogens with zero attached hydrogens (tertiary/aromatic N) is 3. The Kier molecular flexibility index (Phi) is 3.53. The molecule has 0 bridgehead atoms. The van der Waals surface area contributed by atoms with Crippen molar-refractivity contribution in [2.45, 2.75) is 12.8 Å². The van der Waals surface area contributed by atoms with Gasteiger partial charge in [-0.05, 0) is 24.8 Å². The minimum absolute atomic E-state index is 0.237. The quantitative estimate of drug-likeness (QED) is 0.927. The zero-order valence-corrected chi connectivity index (χ0v) is 11.3. The molecule has 0 spiro atoms. The summed E-state index contributed by atoms with van der Waals surface area (Å²) < 4.78 is 0. The Morgan fingerprint density at radius 3 is 3.05 bits per heavy atom. The van der Waals surface area contributed by atoms with Crippen molar-refractivity contribution in [2.75, 3.05) is 24.6 Å². The van der Waals surface area contributed by atoms with Crippen molar-refractivity contribution in [1.29, 1.82) is 5.26 Å². The van der Waals surface area contributed by atoms with Gasteiger partial charge in [0.25, 0.3) is 0 Å². The number of rotatable bonds is 3. The van der Waals surface area contributed by atoms with E-state index in [1.54, 1.807) is 6.20 Å². The Balaban J connectivity index is 2.04. The molecule has 2 aromatic rings. The van der Waals surface area contributed by atoms with Crippen LogP contribution in [0.25, 0.3) is 10.9 Å².